The lowest BCUT2D eigenvalue weighted by Crippen LogP contribution is -1.96. The van der Waals surface area contributed by atoms with Crippen LogP contribution in [-0.4, -0.2) is 25.2 Å². The molecule has 0 spiro atoms. The second-order valence-electron chi connectivity index (χ2n) is 3.51. The van der Waals surface area contributed by atoms with Gasteiger partial charge in [0, 0.05) is 12.8 Å². The minimum atomic E-state index is -0.287. The van der Waals surface area contributed by atoms with Crippen LogP contribution in [0.3, 0.4) is 0 Å². The Morgan fingerprint density at radius 1 is 0.938 bits per heavy atom. The molecule has 0 saturated heterocycles. The highest BCUT2D eigenvalue weighted by Crippen LogP contribution is 1.93. The molecule has 0 bridgehead atoms. The number of rotatable bonds is 3. The molecule has 3 nitrogen and oxygen atoms in total. The molecular formula is C12H23BO3. The Morgan fingerprint density at radius 2 is 1.06 bits per heavy atom. The summed E-state index contributed by atoms with van der Waals surface area (Å²) in [6, 6.07) is 0. The van der Waals surface area contributed by atoms with Gasteiger partial charge >= 0.3 is 0 Å². The zero-order chi connectivity index (χ0) is 13.7. The van der Waals surface area contributed by atoms with Gasteiger partial charge in [0.05, 0.1) is 7.85 Å². The van der Waals surface area contributed by atoms with E-state index in [4.69, 9.17) is 7.85 Å². The monoisotopic (exact) mass is 226 g/mol. The first-order valence-electron chi connectivity index (χ1n) is 5.43. The van der Waals surface area contributed by atoms with Gasteiger partial charge in [-0.3, -0.25) is 0 Å². The van der Waals surface area contributed by atoms with Crippen molar-refractivity contribution in [1.82, 2.24) is 0 Å². The average Bonchev–Trinajstić information content (AvgIpc) is 2.19. The first-order valence-corrected chi connectivity index (χ1v) is 5.43. The quantitative estimate of drug-likeness (QED) is 0.694. The van der Waals surface area contributed by atoms with Crippen molar-refractivity contribution in [3.05, 3.63) is 0 Å². The van der Waals surface area contributed by atoms with Gasteiger partial charge < -0.3 is 14.4 Å². The normalized spacial score (nSPS) is 9.88. The van der Waals surface area contributed by atoms with Gasteiger partial charge in [-0.15, -0.1) is 0 Å². The van der Waals surface area contributed by atoms with E-state index in [1.165, 1.54) is 6.92 Å². The van der Waals surface area contributed by atoms with Crippen LogP contribution < -0.4 is 0 Å². The van der Waals surface area contributed by atoms with Crippen molar-refractivity contribution in [2.45, 2.75) is 60.2 Å². The topological polar surface area (TPSA) is 51.2 Å². The van der Waals surface area contributed by atoms with Gasteiger partial charge in [0.1, 0.15) is 17.3 Å². The Bertz CT molecular complexity index is 196. The molecule has 0 N–H and O–H groups in total. The third-order valence-electron chi connectivity index (χ3n) is 1.64. The maximum absolute atomic E-state index is 10.0. The lowest BCUT2D eigenvalue weighted by atomic mass is 9.87. The second kappa shape index (κ2) is 14.1. The molecule has 16 heavy (non-hydrogen) atoms. The molecule has 0 aromatic rings. The molecule has 0 aliphatic rings. The summed E-state index contributed by atoms with van der Waals surface area (Å²) in [6.45, 7) is 10.0. The molecule has 0 aromatic heterocycles. The van der Waals surface area contributed by atoms with Crippen LogP contribution in [0.1, 0.15) is 54.4 Å². The van der Waals surface area contributed by atoms with Crippen molar-refractivity contribution in [2.75, 3.05) is 0 Å². The standard InChI is InChI=1S/C4H7BO.2C4H8O/c1-3(5)4(2)6;2*1-3-4(2)5/h3H,1-2H3;2*3H2,1-2H3. The molecule has 0 aliphatic carbocycles. The maximum atomic E-state index is 10.0. The molecule has 0 rings (SSSR count). The van der Waals surface area contributed by atoms with Gasteiger partial charge in [-0.1, -0.05) is 20.8 Å². The molecule has 4 heteroatoms. The van der Waals surface area contributed by atoms with Crippen molar-refractivity contribution >= 4 is 25.2 Å². The maximum Gasteiger partial charge on any atom is 0.129 e. The predicted molar refractivity (Wildman–Crippen MR) is 67.8 cm³/mol. The first kappa shape index (κ1) is 20.5. The number of Topliss-reactive ketones (excluding diaryl/α,β-unsaturated/α-hetero) is 3. The number of ketones is 3. The van der Waals surface area contributed by atoms with E-state index in [2.05, 4.69) is 0 Å². The van der Waals surface area contributed by atoms with Gasteiger partial charge in [-0.2, -0.15) is 0 Å². The van der Waals surface area contributed by atoms with Crippen molar-refractivity contribution < 1.29 is 14.4 Å². The number of hydrogen-bond donors (Lipinski definition) is 0. The fourth-order valence-electron chi connectivity index (χ4n) is 0. The summed E-state index contributed by atoms with van der Waals surface area (Å²) in [5, 5.41) is 0. The lowest BCUT2D eigenvalue weighted by Gasteiger charge is -1.91. The third-order valence-corrected chi connectivity index (χ3v) is 1.64. The Hall–Kier alpha value is -0.925. The molecule has 0 saturated carbocycles. The van der Waals surface area contributed by atoms with Crippen molar-refractivity contribution in [3.63, 3.8) is 0 Å². The largest absolute Gasteiger partial charge is 0.301 e. The fraction of sp³-hybridized carbons (Fsp3) is 0.750. The van der Waals surface area contributed by atoms with E-state index in [9.17, 15) is 14.4 Å². The van der Waals surface area contributed by atoms with Gasteiger partial charge in [0.25, 0.3) is 0 Å². The zero-order valence-electron chi connectivity index (χ0n) is 11.3. The lowest BCUT2D eigenvalue weighted by molar-refractivity contribution is -0.117. The average molecular weight is 226 g/mol. The highest BCUT2D eigenvalue weighted by atomic mass is 16.1. The minimum absolute atomic E-state index is 0.0370. The molecule has 1 unspecified atom stereocenters. The minimum Gasteiger partial charge on any atom is -0.301 e. The summed E-state index contributed by atoms with van der Waals surface area (Å²) in [6.07, 6.45) is 1.33. The smallest absolute Gasteiger partial charge is 0.129 e. The van der Waals surface area contributed by atoms with E-state index in [0.717, 1.165) is 0 Å². The van der Waals surface area contributed by atoms with Gasteiger partial charge in [0.2, 0.25) is 0 Å². The predicted octanol–water partition coefficient (Wildman–Crippen LogP) is 2.52. The van der Waals surface area contributed by atoms with Gasteiger partial charge in [-0.05, 0) is 26.6 Å². The summed E-state index contributed by atoms with van der Waals surface area (Å²) < 4.78 is 0. The van der Waals surface area contributed by atoms with E-state index in [0.29, 0.717) is 12.8 Å². The van der Waals surface area contributed by atoms with E-state index >= 15 is 0 Å². The van der Waals surface area contributed by atoms with Crippen LogP contribution in [-0.2, 0) is 14.4 Å². The van der Waals surface area contributed by atoms with Crippen LogP contribution in [0.4, 0.5) is 0 Å². The summed E-state index contributed by atoms with van der Waals surface area (Å²) in [4.78, 5) is 29.6. The number of hydrogen-bond acceptors (Lipinski definition) is 3. The van der Waals surface area contributed by atoms with E-state index in [-0.39, 0.29) is 23.2 Å². The van der Waals surface area contributed by atoms with Crippen LogP contribution in [0, 0.1) is 0 Å². The Morgan fingerprint density at radius 3 is 1.06 bits per heavy atom. The molecule has 0 aliphatic heterocycles. The Balaban J connectivity index is -0.000000160. The SMILES string of the molecule is CCC(C)=O.CCC(C)=O.[B]C(C)C(C)=O. The number of carbonyl (C=O) groups excluding carboxylic acids is 3. The molecular weight excluding hydrogens is 203 g/mol. The van der Waals surface area contributed by atoms with Gasteiger partial charge in [0.15, 0.2) is 0 Å². The molecule has 0 fully saturated rings. The summed E-state index contributed by atoms with van der Waals surface area (Å²) in [7, 11) is 5.09. The highest BCUT2D eigenvalue weighted by Gasteiger charge is 1.94. The van der Waals surface area contributed by atoms with Crippen molar-refractivity contribution in [2.24, 2.45) is 0 Å². The van der Waals surface area contributed by atoms with Gasteiger partial charge in [-0.25, -0.2) is 0 Å². The molecule has 92 valence electrons. The Labute approximate surface area is 100 Å². The Kier molecular flexibility index (Phi) is 18.0. The molecule has 0 heterocycles. The van der Waals surface area contributed by atoms with Crippen LogP contribution in [0.15, 0.2) is 0 Å². The fourth-order valence-corrected chi connectivity index (χ4v) is 0. The third kappa shape index (κ3) is 38.1. The number of carbonyl (C=O) groups is 3. The van der Waals surface area contributed by atoms with E-state index < -0.39 is 0 Å². The van der Waals surface area contributed by atoms with E-state index in [1.54, 1.807) is 20.8 Å². The summed E-state index contributed by atoms with van der Waals surface area (Å²) >= 11 is 0. The van der Waals surface area contributed by atoms with Crippen LogP contribution >= 0.6 is 0 Å². The summed E-state index contributed by atoms with van der Waals surface area (Å²) in [5.41, 5.74) is 0. The van der Waals surface area contributed by atoms with Crippen LogP contribution in [0.25, 0.3) is 0 Å². The molecule has 1 atom stereocenters. The summed E-state index contributed by atoms with van der Waals surface area (Å²) in [5.74, 6) is 0.259. The van der Waals surface area contributed by atoms with Crippen LogP contribution in [0.2, 0.25) is 5.82 Å². The van der Waals surface area contributed by atoms with Crippen molar-refractivity contribution in [3.8, 4) is 0 Å². The van der Waals surface area contributed by atoms with Crippen molar-refractivity contribution in [1.29, 1.82) is 0 Å². The second-order valence-corrected chi connectivity index (χ2v) is 3.51. The molecule has 0 amide bonds. The molecule has 2 radical (unpaired) electrons. The zero-order valence-corrected chi connectivity index (χ0v) is 11.3. The first-order chi connectivity index (χ1) is 7.18. The molecule has 0 aromatic carbocycles. The van der Waals surface area contributed by atoms with E-state index in [1.807, 2.05) is 13.8 Å². The van der Waals surface area contributed by atoms with Crippen LogP contribution in [0.5, 0.6) is 0 Å². The highest BCUT2D eigenvalue weighted by molar-refractivity contribution is 6.23.